The Kier molecular flexibility index (Phi) is 11.7. The van der Waals surface area contributed by atoms with Crippen LogP contribution in [-0.4, -0.2) is 0 Å². The second-order valence-electron chi connectivity index (χ2n) is 12.6. The van der Waals surface area contributed by atoms with Gasteiger partial charge in [-0.25, -0.2) is 8.78 Å². The molecule has 210 valence electrons. The summed E-state index contributed by atoms with van der Waals surface area (Å²) in [6, 6.07) is 3.60. The highest BCUT2D eigenvalue weighted by molar-refractivity contribution is 5.67. The molecule has 0 aromatic heterocycles. The lowest BCUT2D eigenvalue weighted by molar-refractivity contribution is 0.149. The minimum Gasteiger partial charge on any atom is -0.203 e. The number of hydrogen-bond acceptors (Lipinski definition) is 0. The Morgan fingerprint density at radius 3 is 2.13 bits per heavy atom. The first-order chi connectivity index (χ1) is 18.6. The lowest BCUT2D eigenvalue weighted by atomic mass is 9.68. The average molecular weight is 523 g/mol. The Balaban J connectivity index is 1.14. The predicted molar refractivity (Wildman–Crippen MR) is 159 cm³/mol. The first-order valence-corrected chi connectivity index (χ1v) is 16.0. The Morgan fingerprint density at radius 2 is 1.47 bits per heavy atom. The molecule has 4 rings (SSSR count). The third kappa shape index (κ3) is 8.15. The van der Waals surface area contributed by atoms with Gasteiger partial charge in [-0.1, -0.05) is 75.1 Å². The summed E-state index contributed by atoms with van der Waals surface area (Å²) in [5.41, 5.74) is 2.02. The van der Waals surface area contributed by atoms with Gasteiger partial charge in [-0.15, -0.1) is 0 Å². The minimum atomic E-state index is -0.637. The van der Waals surface area contributed by atoms with Crippen LogP contribution in [0.5, 0.6) is 0 Å². The van der Waals surface area contributed by atoms with Crippen LogP contribution in [0.1, 0.15) is 128 Å². The minimum absolute atomic E-state index is 0.494. The van der Waals surface area contributed by atoms with E-state index >= 15 is 0 Å². The molecule has 0 N–H and O–H groups in total. The van der Waals surface area contributed by atoms with Crippen molar-refractivity contribution in [1.82, 2.24) is 0 Å². The maximum Gasteiger partial charge on any atom is 0.166 e. The highest BCUT2D eigenvalue weighted by Gasteiger charge is 2.30. The fraction of sp³-hybridized carbons (Fsp3) is 0.667. The van der Waals surface area contributed by atoms with E-state index in [1.54, 1.807) is 6.07 Å². The number of benzene rings is 1. The Morgan fingerprint density at radius 1 is 0.789 bits per heavy atom. The number of unbranched alkanes of at least 4 members (excludes halogenated alkanes) is 1. The second-order valence-corrected chi connectivity index (χ2v) is 12.6. The molecule has 2 fully saturated rings. The van der Waals surface area contributed by atoms with E-state index in [1.807, 2.05) is 13.0 Å². The summed E-state index contributed by atoms with van der Waals surface area (Å²) in [6.07, 6.45) is 32.5. The molecule has 2 saturated carbocycles. The van der Waals surface area contributed by atoms with Gasteiger partial charge < -0.3 is 0 Å². The van der Waals surface area contributed by atoms with E-state index < -0.39 is 11.6 Å². The van der Waals surface area contributed by atoms with E-state index in [-0.39, 0.29) is 0 Å². The first kappa shape index (κ1) is 29.3. The van der Waals surface area contributed by atoms with Crippen molar-refractivity contribution in [2.45, 2.75) is 123 Å². The predicted octanol–water partition coefficient (Wildman–Crippen LogP) is 11.4. The van der Waals surface area contributed by atoms with Crippen molar-refractivity contribution in [1.29, 1.82) is 0 Å². The molecule has 38 heavy (non-hydrogen) atoms. The molecule has 0 amide bonds. The number of halogens is 2. The molecular weight excluding hydrogens is 470 g/mol. The highest BCUT2D eigenvalue weighted by atomic mass is 19.2. The van der Waals surface area contributed by atoms with Crippen LogP contribution in [0.4, 0.5) is 8.78 Å². The summed E-state index contributed by atoms with van der Waals surface area (Å²) in [5.74, 6) is 3.13. The molecule has 0 nitrogen and oxygen atoms in total. The van der Waals surface area contributed by atoms with Crippen LogP contribution in [0.2, 0.25) is 0 Å². The molecule has 0 radical (unpaired) electrons. The Labute approximate surface area is 232 Å². The second kappa shape index (κ2) is 15.2. The van der Waals surface area contributed by atoms with Crippen LogP contribution >= 0.6 is 0 Å². The fourth-order valence-electron chi connectivity index (χ4n) is 7.57. The van der Waals surface area contributed by atoms with E-state index in [0.717, 1.165) is 54.9 Å². The van der Waals surface area contributed by atoms with Crippen molar-refractivity contribution in [2.24, 2.45) is 29.6 Å². The summed E-state index contributed by atoms with van der Waals surface area (Å²) < 4.78 is 29.2. The van der Waals surface area contributed by atoms with Gasteiger partial charge in [0, 0.05) is 5.56 Å². The normalized spacial score (nSPS) is 28.7. The van der Waals surface area contributed by atoms with Crippen molar-refractivity contribution >= 4 is 5.57 Å². The zero-order valence-corrected chi connectivity index (χ0v) is 24.2. The number of aryl methyl sites for hydroxylation is 1. The number of rotatable bonds is 11. The standard InChI is InChI=1S/C36H52F2/c1-3-5-6-7-8-10-27-13-19-30(20-14-27)31-21-15-28(16-22-31)11-12-29-17-23-32(24-18-29)34-26-25-33(9-4-2)35(37)36(34)38/h3,5,8,10,23,25-31H,4,6-7,9,11-22,24H2,1-2H3/b5-3+,10-8+. The molecule has 0 heterocycles. The highest BCUT2D eigenvalue weighted by Crippen LogP contribution is 2.43. The molecule has 1 atom stereocenters. The quantitative estimate of drug-likeness (QED) is 0.200. The summed E-state index contributed by atoms with van der Waals surface area (Å²) in [4.78, 5) is 0. The maximum absolute atomic E-state index is 14.7. The number of allylic oxidation sites excluding steroid dienone is 6. The third-order valence-corrected chi connectivity index (χ3v) is 10.0. The fourth-order valence-corrected chi connectivity index (χ4v) is 7.57. The van der Waals surface area contributed by atoms with Crippen LogP contribution < -0.4 is 0 Å². The average Bonchev–Trinajstić information content (AvgIpc) is 2.95. The van der Waals surface area contributed by atoms with Crippen molar-refractivity contribution in [3.05, 3.63) is 65.3 Å². The van der Waals surface area contributed by atoms with Gasteiger partial charge >= 0.3 is 0 Å². The molecule has 2 heteroatoms. The molecule has 0 aliphatic heterocycles. The number of hydrogen-bond donors (Lipinski definition) is 0. The summed E-state index contributed by atoms with van der Waals surface area (Å²) >= 11 is 0. The lowest BCUT2D eigenvalue weighted by Gasteiger charge is -2.37. The SMILES string of the molecule is C/C=C/CC/C=C/C1CCC(C2CCC(CCC3CC=C(c4ccc(CCC)c(F)c4F)CC3)CC2)CC1. The van der Waals surface area contributed by atoms with Crippen LogP contribution in [0.15, 0.2) is 42.5 Å². The van der Waals surface area contributed by atoms with E-state index in [9.17, 15) is 8.78 Å². The van der Waals surface area contributed by atoms with E-state index in [4.69, 9.17) is 0 Å². The van der Waals surface area contributed by atoms with Gasteiger partial charge in [0.05, 0.1) is 0 Å². The van der Waals surface area contributed by atoms with Gasteiger partial charge in [0.25, 0.3) is 0 Å². The smallest absolute Gasteiger partial charge is 0.166 e. The van der Waals surface area contributed by atoms with Crippen LogP contribution in [0.25, 0.3) is 5.57 Å². The van der Waals surface area contributed by atoms with Crippen molar-refractivity contribution in [3.63, 3.8) is 0 Å². The zero-order valence-electron chi connectivity index (χ0n) is 24.2. The van der Waals surface area contributed by atoms with Crippen molar-refractivity contribution in [3.8, 4) is 0 Å². The van der Waals surface area contributed by atoms with Gasteiger partial charge in [0.2, 0.25) is 0 Å². The summed E-state index contributed by atoms with van der Waals surface area (Å²) in [6.45, 7) is 4.10. The van der Waals surface area contributed by atoms with Crippen molar-refractivity contribution in [2.75, 3.05) is 0 Å². The molecule has 0 saturated heterocycles. The molecule has 1 aromatic rings. The van der Waals surface area contributed by atoms with Gasteiger partial charge in [0.15, 0.2) is 11.6 Å². The lowest BCUT2D eigenvalue weighted by Crippen LogP contribution is -2.25. The third-order valence-electron chi connectivity index (χ3n) is 10.0. The van der Waals surface area contributed by atoms with E-state index in [0.29, 0.717) is 23.5 Å². The zero-order chi connectivity index (χ0) is 26.7. The largest absolute Gasteiger partial charge is 0.203 e. The summed E-state index contributed by atoms with van der Waals surface area (Å²) in [5, 5.41) is 0. The molecule has 1 aromatic carbocycles. The molecule has 0 spiro atoms. The summed E-state index contributed by atoms with van der Waals surface area (Å²) in [7, 11) is 0. The van der Waals surface area contributed by atoms with Gasteiger partial charge in [-0.3, -0.25) is 0 Å². The van der Waals surface area contributed by atoms with E-state index in [1.165, 1.54) is 77.0 Å². The molecule has 3 aliphatic carbocycles. The van der Waals surface area contributed by atoms with Gasteiger partial charge in [-0.2, -0.15) is 0 Å². The van der Waals surface area contributed by atoms with Gasteiger partial charge in [0.1, 0.15) is 0 Å². The monoisotopic (exact) mass is 522 g/mol. The van der Waals surface area contributed by atoms with Crippen LogP contribution in [0.3, 0.4) is 0 Å². The van der Waals surface area contributed by atoms with Crippen molar-refractivity contribution < 1.29 is 8.78 Å². The molecule has 1 unspecified atom stereocenters. The van der Waals surface area contributed by atoms with Crippen LogP contribution in [-0.2, 0) is 6.42 Å². The molecule has 3 aliphatic rings. The van der Waals surface area contributed by atoms with Gasteiger partial charge in [-0.05, 0) is 131 Å². The Bertz CT molecular complexity index is 938. The van der Waals surface area contributed by atoms with E-state index in [2.05, 4.69) is 37.3 Å². The molecular formula is C36H52F2. The Hall–Kier alpha value is -1.70. The topological polar surface area (TPSA) is 0 Å². The molecule has 0 bridgehead atoms. The maximum atomic E-state index is 14.7. The van der Waals surface area contributed by atoms with Crippen LogP contribution in [0, 0.1) is 41.2 Å². The first-order valence-electron chi connectivity index (χ1n) is 16.0.